The molecule has 11 heteroatoms. The van der Waals surface area contributed by atoms with Crippen LogP contribution in [0.5, 0.6) is 0 Å². The maximum absolute atomic E-state index is 12.3. The lowest BCUT2D eigenvalue weighted by Crippen LogP contribution is -2.62. The lowest BCUT2D eigenvalue weighted by atomic mass is 9.57. The summed E-state index contributed by atoms with van der Waals surface area (Å²) in [6.07, 6.45) is -9.26. The van der Waals surface area contributed by atoms with E-state index in [2.05, 4.69) is 0 Å². The van der Waals surface area contributed by atoms with Crippen molar-refractivity contribution in [2.24, 2.45) is 28.6 Å². The molecule has 4 aliphatic carbocycles. The van der Waals surface area contributed by atoms with E-state index in [4.69, 9.17) is 9.47 Å². The van der Waals surface area contributed by atoms with Crippen LogP contribution in [0.3, 0.4) is 0 Å². The fourth-order valence-electron chi connectivity index (χ4n) is 9.35. The van der Waals surface area contributed by atoms with Crippen LogP contribution in [0.2, 0.25) is 0 Å². The number of aliphatic hydroxyl groups is 9. The summed E-state index contributed by atoms with van der Waals surface area (Å²) in [4.78, 5) is 0. The van der Waals surface area contributed by atoms with Crippen molar-refractivity contribution < 1.29 is 55.4 Å². The Morgan fingerprint density at radius 2 is 1.51 bits per heavy atom. The van der Waals surface area contributed by atoms with Crippen LogP contribution in [0.4, 0.5) is 0 Å². The molecule has 2 bridgehead atoms. The molecular weight excluding hydrogens is 488 g/mol. The van der Waals surface area contributed by atoms with Crippen LogP contribution in [0.15, 0.2) is 0 Å². The zero-order valence-electron chi connectivity index (χ0n) is 21.9. The molecular formula is C26H44O11. The predicted octanol–water partition coefficient (Wildman–Crippen LogP) is -2.01. The molecule has 5 rings (SSSR count). The molecule has 5 fully saturated rings. The van der Waals surface area contributed by atoms with Crippen molar-refractivity contribution >= 4 is 0 Å². The number of rotatable bonds is 3. The second-order valence-corrected chi connectivity index (χ2v) is 13.6. The minimum Gasteiger partial charge on any atom is -0.394 e. The van der Waals surface area contributed by atoms with E-state index in [0.717, 1.165) is 0 Å². The van der Waals surface area contributed by atoms with Crippen LogP contribution in [0.1, 0.15) is 59.8 Å². The van der Waals surface area contributed by atoms with E-state index in [9.17, 15) is 46.0 Å². The van der Waals surface area contributed by atoms with E-state index in [1.54, 1.807) is 27.7 Å². The van der Waals surface area contributed by atoms with Crippen molar-refractivity contribution in [1.29, 1.82) is 0 Å². The minimum atomic E-state index is -1.87. The van der Waals surface area contributed by atoms with Crippen molar-refractivity contribution in [2.75, 3.05) is 6.61 Å². The number of ether oxygens (including phenoxy) is 2. The van der Waals surface area contributed by atoms with E-state index in [1.165, 1.54) is 0 Å². The Morgan fingerprint density at radius 1 is 0.865 bits per heavy atom. The molecule has 37 heavy (non-hydrogen) atoms. The van der Waals surface area contributed by atoms with Crippen LogP contribution in [-0.2, 0) is 9.47 Å². The van der Waals surface area contributed by atoms with Gasteiger partial charge < -0.3 is 55.4 Å². The van der Waals surface area contributed by atoms with Crippen molar-refractivity contribution in [1.82, 2.24) is 0 Å². The van der Waals surface area contributed by atoms with Gasteiger partial charge in [-0.15, -0.1) is 0 Å². The van der Waals surface area contributed by atoms with Gasteiger partial charge in [-0.2, -0.15) is 0 Å². The van der Waals surface area contributed by atoms with Crippen LogP contribution < -0.4 is 0 Å². The third-order valence-electron chi connectivity index (χ3n) is 11.4. The molecule has 0 amide bonds. The maximum Gasteiger partial charge on any atom is 0.186 e. The first-order chi connectivity index (χ1) is 17.0. The van der Waals surface area contributed by atoms with E-state index in [1.807, 2.05) is 0 Å². The first kappa shape index (κ1) is 28.1. The third-order valence-corrected chi connectivity index (χ3v) is 11.4. The molecule has 1 heterocycles. The average Bonchev–Trinajstić information content (AvgIpc) is 3.03. The monoisotopic (exact) mass is 532 g/mol. The van der Waals surface area contributed by atoms with Gasteiger partial charge in [0.05, 0.1) is 36.1 Å². The zero-order valence-corrected chi connectivity index (χ0v) is 21.9. The van der Waals surface area contributed by atoms with Crippen LogP contribution >= 0.6 is 0 Å². The lowest BCUT2D eigenvalue weighted by Gasteiger charge is -2.51. The number of fused-ring (bicyclic) bond motifs is 2. The summed E-state index contributed by atoms with van der Waals surface area (Å²) in [6.45, 7) is 6.08. The van der Waals surface area contributed by atoms with Gasteiger partial charge in [0, 0.05) is 22.7 Å². The van der Waals surface area contributed by atoms with Gasteiger partial charge in [-0.05, 0) is 51.9 Å². The summed E-state index contributed by atoms with van der Waals surface area (Å²) in [5.74, 6) is -1.77. The zero-order chi connectivity index (χ0) is 27.5. The molecule has 9 N–H and O–H groups in total. The highest BCUT2D eigenvalue weighted by Crippen LogP contribution is 2.70. The molecule has 1 aliphatic heterocycles. The summed E-state index contributed by atoms with van der Waals surface area (Å²) >= 11 is 0. The van der Waals surface area contributed by atoms with Gasteiger partial charge in [0.25, 0.3) is 0 Å². The van der Waals surface area contributed by atoms with Crippen molar-refractivity contribution in [2.45, 2.75) is 126 Å². The minimum absolute atomic E-state index is 0.00910. The van der Waals surface area contributed by atoms with Gasteiger partial charge in [0.1, 0.15) is 30.0 Å². The summed E-state index contributed by atoms with van der Waals surface area (Å²) in [5.41, 5.74) is -6.75. The normalized spacial score (nSPS) is 61.1. The average molecular weight is 533 g/mol. The Bertz CT molecular complexity index is 892. The quantitative estimate of drug-likeness (QED) is 0.194. The molecule has 4 saturated carbocycles. The molecule has 0 aromatic carbocycles. The summed E-state index contributed by atoms with van der Waals surface area (Å²) < 4.78 is 11.6. The van der Waals surface area contributed by atoms with Crippen molar-refractivity contribution in [3.8, 4) is 0 Å². The van der Waals surface area contributed by atoms with E-state index in [-0.39, 0.29) is 25.2 Å². The Balaban J connectivity index is 1.50. The number of aliphatic hydroxyl groups excluding tert-OH is 6. The van der Waals surface area contributed by atoms with Gasteiger partial charge in [0.15, 0.2) is 6.29 Å². The van der Waals surface area contributed by atoms with Gasteiger partial charge in [-0.1, -0.05) is 13.8 Å². The van der Waals surface area contributed by atoms with Crippen molar-refractivity contribution in [3.05, 3.63) is 0 Å². The Labute approximate surface area is 216 Å². The molecule has 5 aliphatic rings. The van der Waals surface area contributed by atoms with E-state index in [0.29, 0.717) is 12.8 Å². The third kappa shape index (κ3) is 3.53. The van der Waals surface area contributed by atoms with Gasteiger partial charge in [-0.3, -0.25) is 0 Å². The van der Waals surface area contributed by atoms with Gasteiger partial charge in [0.2, 0.25) is 0 Å². The van der Waals surface area contributed by atoms with Gasteiger partial charge >= 0.3 is 0 Å². The Morgan fingerprint density at radius 3 is 2.14 bits per heavy atom. The highest BCUT2D eigenvalue weighted by Gasteiger charge is 2.76. The molecule has 214 valence electrons. The second-order valence-electron chi connectivity index (χ2n) is 13.6. The maximum atomic E-state index is 12.3. The van der Waals surface area contributed by atoms with E-state index < -0.39 is 95.1 Å². The summed E-state index contributed by atoms with van der Waals surface area (Å²) in [7, 11) is 0. The smallest absolute Gasteiger partial charge is 0.186 e. The van der Waals surface area contributed by atoms with E-state index >= 15 is 0 Å². The molecule has 0 unspecified atom stereocenters. The van der Waals surface area contributed by atoms with Crippen molar-refractivity contribution in [3.63, 3.8) is 0 Å². The SMILES string of the molecule is CC1(C)[C@@H](O[C@@H]2O[C@H](CO)[C@@H](O)[C@H](O)[C@H]2O)C[C@H]2[C@](C)(O)[C@@H]3CC[C@@H]4[C@@H](O)[C@@]3(C[C@@H](O)[C@@]21O)C[C@@]4(C)O. The predicted molar refractivity (Wildman–Crippen MR) is 127 cm³/mol. The topological polar surface area (TPSA) is 201 Å². The molecule has 0 aromatic rings. The standard InChI is InChI=1S/C26H44O11/c1-22(2)16(37-21-19(31)18(30)17(29)12(9-27)36-21)7-14-24(4,34)13-6-5-11-20(32)25(13,10-23(11,3)33)8-15(28)26(14,22)35/h11-21,27-35H,5-10H2,1-4H3/t11-,12-,13+,14+,15-,16+,17-,18+,19-,20-,21+,23-,24-,25+,26+/m1/s1. The largest absolute Gasteiger partial charge is 0.394 e. The van der Waals surface area contributed by atoms with Crippen LogP contribution in [-0.4, -0.2) is 118 Å². The highest BCUT2D eigenvalue weighted by molar-refractivity contribution is 5.26. The molecule has 15 atom stereocenters. The molecule has 0 radical (unpaired) electrons. The van der Waals surface area contributed by atoms with Crippen LogP contribution in [0.25, 0.3) is 0 Å². The lowest BCUT2D eigenvalue weighted by molar-refractivity contribution is -0.321. The Hall–Kier alpha value is -0.440. The van der Waals surface area contributed by atoms with Crippen LogP contribution in [0, 0.1) is 28.6 Å². The summed E-state index contributed by atoms with van der Waals surface area (Å²) in [5, 5.41) is 99.0. The first-order valence-corrected chi connectivity index (χ1v) is 13.5. The fourth-order valence-corrected chi connectivity index (χ4v) is 9.35. The Kier molecular flexibility index (Phi) is 6.48. The van der Waals surface area contributed by atoms with Gasteiger partial charge in [-0.25, -0.2) is 0 Å². The molecule has 1 spiro atoms. The molecule has 0 aromatic heterocycles. The highest BCUT2D eigenvalue weighted by atomic mass is 16.7. The first-order valence-electron chi connectivity index (χ1n) is 13.5. The summed E-state index contributed by atoms with van der Waals surface area (Å²) in [6, 6.07) is 0. The second kappa shape index (κ2) is 8.53. The number of hydrogen-bond acceptors (Lipinski definition) is 11. The number of hydrogen-bond donors (Lipinski definition) is 9. The molecule has 1 saturated heterocycles. The fraction of sp³-hybridized carbons (Fsp3) is 1.00. The molecule has 11 nitrogen and oxygen atoms in total.